The van der Waals surface area contributed by atoms with Gasteiger partial charge in [0, 0.05) is 17.2 Å². The molecule has 0 N–H and O–H groups in total. The molecule has 1 nitrogen and oxygen atoms in total. The largest absolute Gasteiger partial charge is 0.303 e. The van der Waals surface area contributed by atoms with Gasteiger partial charge in [0.05, 0.1) is 0 Å². The van der Waals surface area contributed by atoms with Crippen LogP contribution in [0.1, 0.15) is 12.8 Å². The van der Waals surface area contributed by atoms with Gasteiger partial charge < -0.3 is 4.90 Å². The molecule has 3 saturated heterocycles. The fraction of sp³-hybridized carbons (Fsp3) is 0.571. The van der Waals surface area contributed by atoms with E-state index >= 15 is 0 Å². The van der Waals surface area contributed by atoms with E-state index in [9.17, 15) is 4.39 Å². The zero-order valence-electron chi connectivity index (χ0n) is 9.94. The van der Waals surface area contributed by atoms with E-state index < -0.39 is 0 Å². The van der Waals surface area contributed by atoms with E-state index in [-0.39, 0.29) is 5.82 Å². The third-order valence-corrected chi connectivity index (χ3v) is 5.23. The lowest BCUT2D eigenvalue weighted by Crippen LogP contribution is -2.48. The first-order valence-electron chi connectivity index (χ1n) is 6.42. The molecule has 0 radical (unpaired) electrons. The van der Waals surface area contributed by atoms with Crippen molar-refractivity contribution in [3.05, 3.63) is 30.1 Å². The second kappa shape index (κ2) is 4.99. The molecular formula is C14H18FNS. The topological polar surface area (TPSA) is 3.24 Å². The summed E-state index contributed by atoms with van der Waals surface area (Å²) in [6.07, 6.45) is 2.74. The molecule has 3 aliphatic heterocycles. The predicted octanol–water partition coefficient (Wildman–Crippen LogP) is 3.26. The predicted molar refractivity (Wildman–Crippen MR) is 69.8 cm³/mol. The molecule has 17 heavy (non-hydrogen) atoms. The maximum Gasteiger partial charge on any atom is 0.124 e. The molecule has 1 atom stereocenters. The lowest BCUT2D eigenvalue weighted by molar-refractivity contribution is 0.0626. The molecular weight excluding hydrogens is 233 g/mol. The number of hydrogen-bond acceptors (Lipinski definition) is 2. The van der Waals surface area contributed by atoms with Crippen LogP contribution in [0, 0.1) is 17.7 Å². The average Bonchev–Trinajstić information content (AvgIpc) is 2.38. The second-order valence-corrected chi connectivity index (χ2v) is 6.26. The fourth-order valence-corrected chi connectivity index (χ4v) is 4.19. The smallest absolute Gasteiger partial charge is 0.124 e. The van der Waals surface area contributed by atoms with Crippen molar-refractivity contribution in [2.75, 3.05) is 25.4 Å². The molecule has 0 aliphatic carbocycles. The van der Waals surface area contributed by atoms with Crippen molar-refractivity contribution in [1.29, 1.82) is 0 Å². The monoisotopic (exact) mass is 251 g/mol. The van der Waals surface area contributed by atoms with Gasteiger partial charge in [0.1, 0.15) is 5.82 Å². The minimum absolute atomic E-state index is 0.121. The van der Waals surface area contributed by atoms with Gasteiger partial charge in [-0.25, -0.2) is 4.39 Å². The second-order valence-electron chi connectivity index (χ2n) is 5.17. The van der Waals surface area contributed by atoms with E-state index in [1.165, 1.54) is 38.5 Å². The molecule has 0 spiro atoms. The summed E-state index contributed by atoms with van der Waals surface area (Å²) in [5.74, 6) is 2.75. The van der Waals surface area contributed by atoms with Gasteiger partial charge in [-0.2, -0.15) is 0 Å². The van der Waals surface area contributed by atoms with Gasteiger partial charge in [-0.05, 0) is 56.0 Å². The SMILES string of the molecule is Fc1cccc(SC[C@@H]2CN3CCC2CC3)c1. The Morgan fingerprint density at radius 3 is 2.76 bits per heavy atom. The van der Waals surface area contributed by atoms with Crippen LogP contribution in [0.2, 0.25) is 0 Å². The molecule has 4 rings (SSSR count). The van der Waals surface area contributed by atoms with Crippen LogP contribution in [0.15, 0.2) is 29.2 Å². The minimum Gasteiger partial charge on any atom is -0.303 e. The third kappa shape index (κ3) is 2.66. The number of thioether (sulfide) groups is 1. The Bertz CT molecular complexity index is 388. The van der Waals surface area contributed by atoms with Gasteiger partial charge in [0.25, 0.3) is 0 Å². The number of hydrogen-bond donors (Lipinski definition) is 0. The average molecular weight is 251 g/mol. The molecule has 1 aromatic carbocycles. The summed E-state index contributed by atoms with van der Waals surface area (Å²) in [6, 6.07) is 6.97. The van der Waals surface area contributed by atoms with Crippen molar-refractivity contribution < 1.29 is 4.39 Å². The van der Waals surface area contributed by atoms with Crippen LogP contribution in [0.5, 0.6) is 0 Å². The Kier molecular flexibility index (Phi) is 3.39. The van der Waals surface area contributed by atoms with E-state index in [0.717, 1.165) is 22.5 Å². The van der Waals surface area contributed by atoms with Crippen LogP contribution in [0.3, 0.4) is 0 Å². The quantitative estimate of drug-likeness (QED) is 0.759. The number of benzene rings is 1. The van der Waals surface area contributed by atoms with Gasteiger partial charge in [0.15, 0.2) is 0 Å². The van der Waals surface area contributed by atoms with Crippen molar-refractivity contribution in [3.63, 3.8) is 0 Å². The molecule has 1 aromatic rings. The van der Waals surface area contributed by atoms with Crippen LogP contribution < -0.4 is 0 Å². The maximum absolute atomic E-state index is 13.1. The van der Waals surface area contributed by atoms with Crippen molar-refractivity contribution in [3.8, 4) is 0 Å². The summed E-state index contributed by atoms with van der Waals surface area (Å²) in [4.78, 5) is 3.65. The third-order valence-electron chi connectivity index (χ3n) is 4.05. The Morgan fingerprint density at radius 1 is 1.29 bits per heavy atom. The summed E-state index contributed by atoms with van der Waals surface area (Å²) < 4.78 is 13.1. The summed E-state index contributed by atoms with van der Waals surface area (Å²) in [5, 5.41) is 0. The first-order chi connectivity index (χ1) is 8.31. The zero-order chi connectivity index (χ0) is 11.7. The zero-order valence-corrected chi connectivity index (χ0v) is 10.8. The molecule has 2 bridgehead atoms. The highest BCUT2D eigenvalue weighted by atomic mass is 32.2. The normalized spacial score (nSPS) is 31.7. The van der Waals surface area contributed by atoms with Gasteiger partial charge in [0.2, 0.25) is 0 Å². The molecule has 0 unspecified atom stereocenters. The number of rotatable bonds is 3. The Balaban J connectivity index is 1.57. The highest BCUT2D eigenvalue weighted by Crippen LogP contribution is 2.35. The lowest BCUT2D eigenvalue weighted by Gasteiger charge is -2.44. The summed E-state index contributed by atoms with van der Waals surface area (Å²) >= 11 is 1.81. The number of fused-ring (bicyclic) bond motifs is 3. The Morgan fingerprint density at radius 2 is 2.12 bits per heavy atom. The van der Waals surface area contributed by atoms with E-state index in [2.05, 4.69) is 4.90 Å². The summed E-state index contributed by atoms with van der Waals surface area (Å²) in [6.45, 7) is 3.85. The lowest BCUT2D eigenvalue weighted by atomic mass is 9.80. The van der Waals surface area contributed by atoms with Crippen LogP contribution >= 0.6 is 11.8 Å². The summed E-state index contributed by atoms with van der Waals surface area (Å²) in [5.41, 5.74) is 0. The van der Waals surface area contributed by atoms with Crippen molar-refractivity contribution in [1.82, 2.24) is 4.90 Å². The van der Waals surface area contributed by atoms with E-state index in [0.29, 0.717) is 0 Å². The first kappa shape index (κ1) is 11.5. The molecule has 3 fully saturated rings. The number of piperidine rings is 3. The summed E-state index contributed by atoms with van der Waals surface area (Å²) in [7, 11) is 0. The Labute approximate surface area is 106 Å². The minimum atomic E-state index is -0.121. The molecule has 92 valence electrons. The standard InChI is InChI=1S/C14H18FNS/c15-13-2-1-3-14(8-13)17-10-12-9-16-6-4-11(12)5-7-16/h1-3,8,11-12H,4-7,9-10H2/t12-/m0/s1. The van der Waals surface area contributed by atoms with Crippen LogP contribution in [-0.4, -0.2) is 30.3 Å². The highest BCUT2D eigenvalue weighted by Gasteiger charge is 2.33. The van der Waals surface area contributed by atoms with Gasteiger partial charge >= 0.3 is 0 Å². The molecule has 0 aromatic heterocycles. The van der Waals surface area contributed by atoms with Gasteiger partial charge in [-0.1, -0.05) is 6.07 Å². The van der Waals surface area contributed by atoms with E-state index in [4.69, 9.17) is 0 Å². The van der Waals surface area contributed by atoms with E-state index in [1.54, 1.807) is 12.1 Å². The Hall–Kier alpha value is -0.540. The van der Waals surface area contributed by atoms with Crippen LogP contribution in [0.4, 0.5) is 4.39 Å². The fourth-order valence-electron chi connectivity index (χ4n) is 3.04. The first-order valence-corrected chi connectivity index (χ1v) is 7.40. The molecule has 3 aliphatic rings. The number of halogens is 1. The maximum atomic E-state index is 13.1. The van der Waals surface area contributed by atoms with Crippen molar-refractivity contribution in [2.24, 2.45) is 11.8 Å². The van der Waals surface area contributed by atoms with Gasteiger partial charge in [-0.15, -0.1) is 11.8 Å². The van der Waals surface area contributed by atoms with Crippen molar-refractivity contribution in [2.45, 2.75) is 17.7 Å². The van der Waals surface area contributed by atoms with E-state index in [1.807, 2.05) is 17.8 Å². The number of nitrogens with zero attached hydrogens (tertiary/aromatic N) is 1. The molecule has 0 amide bonds. The van der Waals surface area contributed by atoms with Crippen LogP contribution in [0.25, 0.3) is 0 Å². The van der Waals surface area contributed by atoms with Crippen molar-refractivity contribution >= 4 is 11.8 Å². The molecule has 3 heterocycles. The van der Waals surface area contributed by atoms with Crippen LogP contribution in [-0.2, 0) is 0 Å². The molecule has 3 heteroatoms. The van der Waals surface area contributed by atoms with Gasteiger partial charge in [-0.3, -0.25) is 0 Å². The highest BCUT2D eigenvalue weighted by molar-refractivity contribution is 7.99. The molecule has 0 saturated carbocycles.